The fourth-order valence-corrected chi connectivity index (χ4v) is 3.21. The maximum atomic E-state index is 12.4. The minimum absolute atomic E-state index is 0.0902. The minimum atomic E-state index is -0.423. The molecule has 2 aromatic rings. The molecule has 1 spiro atoms. The molecule has 0 bridgehead atoms. The number of rotatable bonds is 0. The van der Waals surface area contributed by atoms with Gasteiger partial charge in [0.1, 0.15) is 5.82 Å². The Hall–Kier alpha value is -2.16. The van der Waals surface area contributed by atoms with E-state index in [1.807, 2.05) is 24.3 Å². The van der Waals surface area contributed by atoms with Gasteiger partial charge in [0.05, 0.1) is 5.41 Å². The van der Waals surface area contributed by atoms with Crippen LogP contribution in [0, 0.1) is 0 Å². The van der Waals surface area contributed by atoms with Crippen LogP contribution < -0.4 is 5.32 Å². The molecule has 4 rings (SSSR count). The number of hydrogen-bond acceptors (Lipinski definition) is 2. The maximum absolute atomic E-state index is 12.4. The number of nitrogens with zero attached hydrogens (tertiary/aromatic N) is 1. The lowest BCUT2D eigenvalue weighted by molar-refractivity contribution is -0.120. The summed E-state index contributed by atoms with van der Waals surface area (Å²) in [6.07, 6.45) is 3.29. The van der Waals surface area contributed by atoms with E-state index in [0.29, 0.717) is 0 Å². The number of anilines is 1. The van der Waals surface area contributed by atoms with Gasteiger partial charge in [-0.2, -0.15) is 0 Å². The van der Waals surface area contributed by atoms with Gasteiger partial charge < -0.3 is 5.32 Å². The number of nitrogens with one attached hydrogen (secondary N) is 1. The van der Waals surface area contributed by atoms with Gasteiger partial charge in [-0.25, -0.2) is 4.98 Å². The first-order valence-electron chi connectivity index (χ1n) is 6.13. The largest absolute Gasteiger partial charge is 0.310 e. The predicted molar refractivity (Wildman–Crippen MR) is 68.4 cm³/mol. The molecule has 1 aromatic heterocycles. The number of benzene rings is 1. The summed E-state index contributed by atoms with van der Waals surface area (Å²) in [6.45, 7) is 0. The molecule has 1 aliphatic carbocycles. The molecule has 3 nitrogen and oxygen atoms in total. The highest BCUT2D eigenvalue weighted by atomic mass is 16.2. The second kappa shape index (κ2) is 3.19. The zero-order valence-corrected chi connectivity index (χ0v) is 9.81. The van der Waals surface area contributed by atoms with Crippen molar-refractivity contribution in [3.63, 3.8) is 0 Å². The molecular formula is C15H12N2O. The van der Waals surface area contributed by atoms with Crippen LogP contribution in [0.1, 0.15) is 16.7 Å². The summed E-state index contributed by atoms with van der Waals surface area (Å²) in [6, 6.07) is 12.2. The monoisotopic (exact) mass is 236 g/mol. The molecule has 1 aromatic carbocycles. The van der Waals surface area contributed by atoms with Crippen LogP contribution in [-0.4, -0.2) is 10.9 Å². The smallest absolute Gasteiger partial charge is 0.237 e. The molecule has 2 heterocycles. The van der Waals surface area contributed by atoms with Crippen molar-refractivity contribution in [3.05, 3.63) is 59.3 Å². The van der Waals surface area contributed by atoms with Crippen LogP contribution in [0.5, 0.6) is 0 Å². The molecule has 3 heteroatoms. The number of amides is 1. The van der Waals surface area contributed by atoms with Gasteiger partial charge >= 0.3 is 0 Å². The topological polar surface area (TPSA) is 42.0 Å². The molecule has 88 valence electrons. The fourth-order valence-electron chi connectivity index (χ4n) is 3.21. The third-order valence-electron chi connectivity index (χ3n) is 4.09. The zero-order valence-electron chi connectivity index (χ0n) is 9.81. The second-order valence-corrected chi connectivity index (χ2v) is 5.06. The lowest BCUT2D eigenvalue weighted by atomic mass is 9.79. The Morgan fingerprint density at radius 3 is 2.50 bits per heavy atom. The van der Waals surface area contributed by atoms with E-state index in [0.717, 1.165) is 24.2 Å². The Balaban J connectivity index is 1.90. The van der Waals surface area contributed by atoms with Crippen molar-refractivity contribution in [1.82, 2.24) is 4.98 Å². The molecule has 0 unspecified atom stereocenters. The summed E-state index contributed by atoms with van der Waals surface area (Å²) in [5.74, 6) is 0.822. The van der Waals surface area contributed by atoms with E-state index in [-0.39, 0.29) is 5.91 Å². The van der Waals surface area contributed by atoms with Crippen LogP contribution in [0.3, 0.4) is 0 Å². The van der Waals surface area contributed by atoms with Gasteiger partial charge in [0.15, 0.2) is 0 Å². The van der Waals surface area contributed by atoms with E-state index in [1.165, 1.54) is 11.1 Å². The predicted octanol–water partition coefficient (Wildman–Crippen LogP) is 2.07. The van der Waals surface area contributed by atoms with Crippen molar-refractivity contribution in [2.45, 2.75) is 18.3 Å². The molecule has 0 radical (unpaired) electrons. The number of hydrogen-bond donors (Lipinski definition) is 1. The number of aromatic nitrogens is 1. The van der Waals surface area contributed by atoms with Crippen LogP contribution in [0.15, 0.2) is 42.6 Å². The average molecular weight is 236 g/mol. The third-order valence-corrected chi connectivity index (χ3v) is 4.09. The molecule has 1 N–H and O–H groups in total. The number of pyridine rings is 1. The maximum Gasteiger partial charge on any atom is 0.237 e. The van der Waals surface area contributed by atoms with Crippen LogP contribution in [-0.2, 0) is 23.1 Å². The zero-order chi connectivity index (χ0) is 12.2. The Kier molecular flexibility index (Phi) is 1.74. The van der Waals surface area contributed by atoms with Gasteiger partial charge in [0.2, 0.25) is 5.91 Å². The van der Waals surface area contributed by atoms with E-state index in [2.05, 4.69) is 22.4 Å². The minimum Gasteiger partial charge on any atom is -0.310 e. The number of carbonyl (C=O) groups is 1. The quantitative estimate of drug-likeness (QED) is 0.760. The molecule has 0 fully saturated rings. The van der Waals surface area contributed by atoms with Crippen molar-refractivity contribution in [2.24, 2.45) is 0 Å². The summed E-state index contributed by atoms with van der Waals surface area (Å²) >= 11 is 0. The Morgan fingerprint density at radius 2 is 1.78 bits per heavy atom. The van der Waals surface area contributed by atoms with Crippen LogP contribution in [0.25, 0.3) is 0 Å². The van der Waals surface area contributed by atoms with Crippen LogP contribution in [0.2, 0.25) is 0 Å². The van der Waals surface area contributed by atoms with Crippen molar-refractivity contribution in [1.29, 1.82) is 0 Å². The molecule has 0 atom stereocenters. The summed E-state index contributed by atoms with van der Waals surface area (Å²) in [4.78, 5) is 16.6. The highest BCUT2D eigenvalue weighted by Gasteiger charge is 2.50. The molecule has 1 aliphatic heterocycles. The van der Waals surface area contributed by atoms with Crippen LogP contribution >= 0.6 is 0 Å². The van der Waals surface area contributed by atoms with Gasteiger partial charge in [-0.15, -0.1) is 0 Å². The summed E-state index contributed by atoms with van der Waals surface area (Å²) in [5.41, 5.74) is 3.19. The molecule has 1 amide bonds. The normalized spacial score (nSPS) is 18.6. The average Bonchev–Trinajstić information content (AvgIpc) is 2.90. The van der Waals surface area contributed by atoms with Gasteiger partial charge in [-0.05, 0) is 30.0 Å². The standard InChI is InChI=1S/C15H12N2O/c18-14-15(12-6-3-7-16-13(12)17-14)8-10-4-1-2-5-11(10)9-15/h1-7H,8-9H2,(H,16,17,18). The van der Waals surface area contributed by atoms with Crippen molar-refractivity contribution < 1.29 is 4.79 Å². The van der Waals surface area contributed by atoms with Crippen molar-refractivity contribution >= 4 is 11.7 Å². The van der Waals surface area contributed by atoms with E-state index >= 15 is 0 Å². The third kappa shape index (κ3) is 1.09. The SMILES string of the molecule is O=C1Nc2ncccc2C12Cc1ccccc1C2. The molecular weight excluding hydrogens is 224 g/mol. The molecule has 0 saturated carbocycles. The lowest BCUT2D eigenvalue weighted by Crippen LogP contribution is -2.35. The van der Waals surface area contributed by atoms with E-state index in [9.17, 15) is 4.79 Å². The van der Waals surface area contributed by atoms with Gasteiger partial charge in [0.25, 0.3) is 0 Å². The molecule has 0 saturated heterocycles. The Labute approximate surface area is 105 Å². The van der Waals surface area contributed by atoms with E-state index in [4.69, 9.17) is 0 Å². The molecule has 18 heavy (non-hydrogen) atoms. The van der Waals surface area contributed by atoms with Crippen molar-refractivity contribution in [3.8, 4) is 0 Å². The Morgan fingerprint density at radius 1 is 1.06 bits per heavy atom. The molecule has 2 aliphatic rings. The number of fused-ring (bicyclic) bond motifs is 3. The Bertz CT molecular complexity index is 638. The first kappa shape index (κ1) is 9.83. The summed E-state index contributed by atoms with van der Waals surface area (Å²) in [7, 11) is 0. The van der Waals surface area contributed by atoms with E-state index < -0.39 is 5.41 Å². The van der Waals surface area contributed by atoms with E-state index in [1.54, 1.807) is 6.20 Å². The van der Waals surface area contributed by atoms with Crippen LogP contribution in [0.4, 0.5) is 5.82 Å². The highest BCUT2D eigenvalue weighted by molar-refractivity contribution is 6.06. The first-order chi connectivity index (χ1) is 8.79. The first-order valence-corrected chi connectivity index (χ1v) is 6.13. The van der Waals surface area contributed by atoms with Gasteiger partial charge in [0, 0.05) is 11.8 Å². The van der Waals surface area contributed by atoms with Gasteiger partial charge in [-0.3, -0.25) is 4.79 Å². The van der Waals surface area contributed by atoms with Crippen molar-refractivity contribution in [2.75, 3.05) is 5.32 Å². The fraction of sp³-hybridized carbons (Fsp3) is 0.200. The summed E-state index contributed by atoms with van der Waals surface area (Å²) in [5, 5.41) is 2.91. The second-order valence-electron chi connectivity index (χ2n) is 5.06. The number of carbonyl (C=O) groups excluding carboxylic acids is 1. The summed E-state index contributed by atoms with van der Waals surface area (Å²) < 4.78 is 0. The van der Waals surface area contributed by atoms with Gasteiger partial charge in [-0.1, -0.05) is 30.3 Å². The highest BCUT2D eigenvalue weighted by Crippen LogP contribution is 2.46. The lowest BCUT2D eigenvalue weighted by Gasteiger charge is -2.20.